The fraction of sp³-hybridized carbons (Fsp3) is 0.111. The van der Waals surface area contributed by atoms with Crippen LogP contribution in [0.2, 0.25) is 0 Å². The minimum absolute atomic E-state index is 0.706. The molecule has 0 bridgehead atoms. The molecule has 0 atom stereocenters. The lowest BCUT2D eigenvalue weighted by Crippen LogP contribution is -1.93. The summed E-state index contributed by atoms with van der Waals surface area (Å²) in [5, 5.41) is 3.00. The summed E-state index contributed by atoms with van der Waals surface area (Å²) < 4.78 is 10.9. The molecule has 0 radical (unpaired) electrons. The van der Waals surface area contributed by atoms with Crippen LogP contribution >= 0.6 is 0 Å². The lowest BCUT2D eigenvalue weighted by molar-refractivity contribution is 0.410. The van der Waals surface area contributed by atoms with E-state index in [2.05, 4.69) is 23.2 Å². The van der Waals surface area contributed by atoms with E-state index >= 15 is 0 Å². The van der Waals surface area contributed by atoms with Gasteiger partial charge in [-0.05, 0) is 30.3 Å². The highest BCUT2D eigenvalue weighted by Crippen LogP contribution is 2.34. The van der Waals surface area contributed by atoms with Gasteiger partial charge in [-0.15, -0.1) is 0 Å². The summed E-state index contributed by atoms with van der Waals surface area (Å²) in [6.07, 6.45) is 0. The molecule has 2 aromatic carbocycles. The standard InChI is InChI=1S/C18H14N2O2/c1-21-15-7-8-16(22-2)17-13(15)10-12-9-11-5-3-4-6-14(11)19-18(12)20-17/h3-10H,1-2H3. The molecule has 0 saturated carbocycles. The van der Waals surface area contributed by atoms with Crippen LogP contribution in [-0.4, -0.2) is 24.2 Å². The van der Waals surface area contributed by atoms with Gasteiger partial charge in [0.2, 0.25) is 0 Å². The van der Waals surface area contributed by atoms with Crippen molar-refractivity contribution in [3.05, 3.63) is 48.5 Å². The summed E-state index contributed by atoms with van der Waals surface area (Å²) in [5.41, 5.74) is 2.40. The Morgan fingerprint density at radius 3 is 2.36 bits per heavy atom. The van der Waals surface area contributed by atoms with Crippen LogP contribution < -0.4 is 9.47 Å². The van der Waals surface area contributed by atoms with Crippen molar-refractivity contribution in [3.63, 3.8) is 0 Å². The number of aromatic nitrogens is 2. The van der Waals surface area contributed by atoms with Gasteiger partial charge in [-0.1, -0.05) is 18.2 Å². The normalized spacial score (nSPS) is 11.2. The predicted octanol–water partition coefficient (Wildman–Crippen LogP) is 3.95. The Balaban J connectivity index is 2.15. The van der Waals surface area contributed by atoms with E-state index in [1.54, 1.807) is 14.2 Å². The number of hydrogen-bond acceptors (Lipinski definition) is 4. The zero-order valence-electron chi connectivity index (χ0n) is 12.3. The smallest absolute Gasteiger partial charge is 0.160 e. The Hall–Kier alpha value is -2.88. The van der Waals surface area contributed by atoms with E-state index in [9.17, 15) is 0 Å². The topological polar surface area (TPSA) is 44.2 Å². The molecule has 0 spiro atoms. The van der Waals surface area contributed by atoms with Crippen LogP contribution in [0.15, 0.2) is 48.5 Å². The molecule has 0 saturated heterocycles. The molecule has 0 unspecified atom stereocenters. The van der Waals surface area contributed by atoms with Crippen LogP contribution in [0.3, 0.4) is 0 Å². The monoisotopic (exact) mass is 290 g/mol. The van der Waals surface area contributed by atoms with E-state index in [4.69, 9.17) is 14.5 Å². The molecule has 0 aliphatic rings. The first-order valence-electron chi connectivity index (χ1n) is 7.01. The second kappa shape index (κ2) is 4.84. The van der Waals surface area contributed by atoms with Gasteiger partial charge in [0.05, 0.1) is 19.7 Å². The summed E-state index contributed by atoms with van der Waals surface area (Å²) in [6.45, 7) is 0. The Bertz CT molecular complexity index is 930. The highest BCUT2D eigenvalue weighted by atomic mass is 16.5. The summed E-state index contributed by atoms with van der Waals surface area (Å²) in [7, 11) is 3.30. The van der Waals surface area contributed by atoms with Crippen molar-refractivity contribution in [2.75, 3.05) is 14.2 Å². The van der Waals surface area contributed by atoms with Gasteiger partial charge >= 0.3 is 0 Å². The minimum atomic E-state index is 0.706. The SMILES string of the molecule is COc1ccc(OC)c2nc3nc4ccccc4cc3cc12. The molecule has 4 aromatic rings. The molecule has 0 N–H and O–H groups in total. The predicted molar refractivity (Wildman–Crippen MR) is 87.7 cm³/mol. The van der Waals surface area contributed by atoms with E-state index in [0.717, 1.165) is 32.9 Å². The molecular formula is C18H14N2O2. The van der Waals surface area contributed by atoms with E-state index in [1.165, 1.54) is 0 Å². The average molecular weight is 290 g/mol. The van der Waals surface area contributed by atoms with Crippen molar-refractivity contribution in [1.29, 1.82) is 0 Å². The summed E-state index contributed by atoms with van der Waals surface area (Å²) >= 11 is 0. The van der Waals surface area contributed by atoms with Gasteiger partial charge in [0, 0.05) is 16.2 Å². The molecule has 0 aliphatic carbocycles. The fourth-order valence-corrected chi connectivity index (χ4v) is 2.75. The number of benzene rings is 2. The Kier molecular flexibility index (Phi) is 2.82. The Morgan fingerprint density at radius 2 is 1.55 bits per heavy atom. The van der Waals surface area contributed by atoms with Crippen molar-refractivity contribution in [1.82, 2.24) is 9.97 Å². The highest BCUT2D eigenvalue weighted by Gasteiger charge is 2.11. The van der Waals surface area contributed by atoms with Crippen molar-refractivity contribution in [2.24, 2.45) is 0 Å². The first-order chi connectivity index (χ1) is 10.8. The Labute approximate surface area is 127 Å². The first-order valence-corrected chi connectivity index (χ1v) is 7.01. The largest absolute Gasteiger partial charge is 0.496 e. The molecule has 0 amide bonds. The zero-order chi connectivity index (χ0) is 15.1. The van der Waals surface area contributed by atoms with Gasteiger partial charge in [-0.3, -0.25) is 0 Å². The van der Waals surface area contributed by atoms with Crippen LogP contribution in [0.25, 0.3) is 32.8 Å². The second-order valence-electron chi connectivity index (χ2n) is 5.08. The van der Waals surface area contributed by atoms with Gasteiger partial charge in [-0.25, -0.2) is 9.97 Å². The second-order valence-corrected chi connectivity index (χ2v) is 5.08. The van der Waals surface area contributed by atoms with Crippen LogP contribution in [0.1, 0.15) is 0 Å². The van der Waals surface area contributed by atoms with Gasteiger partial charge in [0.1, 0.15) is 17.0 Å². The number of nitrogens with zero attached hydrogens (tertiary/aromatic N) is 2. The number of para-hydroxylation sites is 1. The quantitative estimate of drug-likeness (QED) is 0.524. The minimum Gasteiger partial charge on any atom is -0.496 e. The third-order valence-electron chi connectivity index (χ3n) is 3.83. The van der Waals surface area contributed by atoms with Crippen molar-refractivity contribution in [3.8, 4) is 11.5 Å². The van der Waals surface area contributed by atoms with E-state index in [1.807, 2.05) is 30.3 Å². The third-order valence-corrected chi connectivity index (χ3v) is 3.83. The maximum absolute atomic E-state index is 5.45. The molecule has 2 aromatic heterocycles. The van der Waals surface area contributed by atoms with Crippen molar-refractivity contribution in [2.45, 2.75) is 0 Å². The van der Waals surface area contributed by atoms with E-state index in [-0.39, 0.29) is 0 Å². The van der Waals surface area contributed by atoms with E-state index < -0.39 is 0 Å². The van der Waals surface area contributed by atoms with Crippen LogP contribution in [-0.2, 0) is 0 Å². The molecule has 0 fully saturated rings. The third kappa shape index (κ3) is 1.84. The molecule has 0 aliphatic heterocycles. The zero-order valence-corrected chi connectivity index (χ0v) is 12.3. The number of ether oxygens (including phenoxy) is 2. The summed E-state index contributed by atoms with van der Waals surface area (Å²) in [5.74, 6) is 1.49. The molecule has 108 valence electrons. The molecule has 22 heavy (non-hydrogen) atoms. The van der Waals surface area contributed by atoms with Gasteiger partial charge in [-0.2, -0.15) is 0 Å². The maximum atomic E-state index is 5.45. The summed E-state index contributed by atoms with van der Waals surface area (Å²) in [6, 6.07) is 15.9. The van der Waals surface area contributed by atoms with Crippen LogP contribution in [0, 0.1) is 0 Å². The maximum Gasteiger partial charge on any atom is 0.160 e. The van der Waals surface area contributed by atoms with Gasteiger partial charge < -0.3 is 9.47 Å². The first kappa shape index (κ1) is 12.8. The van der Waals surface area contributed by atoms with Crippen molar-refractivity contribution < 1.29 is 9.47 Å². The number of methoxy groups -OCH3 is 2. The molecular weight excluding hydrogens is 276 g/mol. The average Bonchev–Trinajstić information content (AvgIpc) is 2.57. The molecule has 2 heterocycles. The highest BCUT2D eigenvalue weighted by molar-refractivity contribution is 6.00. The molecule has 4 nitrogen and oxygen atoms in total. The Morgan fingerprint density at radius 1 is 0.773 bits per heavy atom. The lowest BCUT2D eigenvalue weighted by atomic mass is 10.1. The van der Waals surface area contributed by atoms with Crippen molar-refractivity contribution >= 4 is 32.8 Å². The number of hydrogen-bond donors (Lipinski definition) is 0. The van der Waals surface area contributed by atoms with Crippen LogP contribution in [0.4, 0.5) is 0 Å². The number of pyridine rings is 2. The molecule has 4 rings (SSSR count). The van der Waals surface area contributed by atoms with Gasteiger partial charge in [0.25, 0.3) is 0 Å². The lowest BCUT2D eigenvalue weighted by Gasteiger charge is -2.10. The fourth-order valence-electron chi connectivity index (χ4n) is 2.75. The van der Waals surface area contributed by atoms with Gasteiger partial charge in [0.15, 0.2) is 5.65 Å². The summed E-state index contributed by atoms with van der Waals surface area (Å²) in [4.78, 5) is 9.34. The number of fused-ring (bicyclic) bond motifs is 3. The van der Waals surface area contributed by atoms with Crippen LogP contribution in [0.5, 0.6) is 11.5 Å². The number of rotatable bonds is 2. The molecule has 4 heteroatoms. The van der Waals surface area contributed by atoms with E-state index in [0.29, 0.717) is 11.4 Å².